The molecular formula is C17H30N2. The fourth-order valence-electron chi connectivity index (χ4n) is 2.91. The highest BCUT2D eigenvalue weighted by molar-refractivity contribution is 5.19. The molecule has 0 spiro atoms. The average molecular weight is 262 g/mol. The van der Waals surface area contributed by atoms with E-state index >= 15 is 0 Å². The van der Waals surface area contributed by atoms with Crippen molar-refractivity contribution in [2.45, 2.75) is 53.5 Å². The van der Waals surface area contributed by atoms with E-state index in [4.69, 9.17) is 0 Å². The predicted octanol–water partition coefficient (Wildman–Crippen LogP) is 4.19. The van der Waals surface area contributed by atoms with Crippen molar-refractivity contribution in [3.63, 3.8) is 0 Å². The van der Waals surface area contributed by atoms with Crippen LogP contribution in [-0.4, -0.2) is 29.0 Å². The Kier molecular flexibility index (Phi) is 6.50. The smallest absolute Gasteiger partial charge is 0.0303 e. The monoisotopic (exact) mass is 262 g/mol. The lowest BCUT2D eigenvalue weighted by molar-refractivity contribution is 0.253. The number of aromatic nitrogens is 1. The van der Waals surface area contributed by atoms with Gasteiger partial charge in [-0.3, -0.25) is 4.98 Å². The van der Waals surface area contributed by atoms with Gasteiger partial charge >= 0.3 is 0 Å². The highest BCUT2D eigenvalue weighted by Crippen LogP contribution is 2.37. The standard InChI is InChI=1S/C15H24N2.C2H6/c1-11(2)14-9-17(12(3)4)10-15(14)13-6-5-7-16-8-13;1-2/h5-8,11-12,14-15H,9-10H2,1-4H3;1-2H3. The lowest BCUT2D eigenvalue weighted by Gasteiger charge is -2.22. The SMILES string of the molecule is CC.CC(C)C1CN(C(C)C)CC1c1cccnc1. The zero-order valence-corrected chi connectivity index (χ0v) is 13.4. The number of hydrogen-bond donors (Lipinski definition) is 0. The maximum Gasteiger partial charge on any atom is 0.0303 e. The summed E-state index contributed by atoms with van der Waals surface area (Å²) in [6.45, 7) is 15.7. The fraction of sp³-hybridized carbons (Fsp3) is 0.706. The van der Waals surface area contributed by atoms with Gasteiger partial charge in [0.1, 0.15) is 0 Å². The molecule has 2 atom stereocenters. The zero-order chi connectivity index (χ0) is 14.4. The Hall–Kier alpha value is -0.890. The van der Waals surface area contributed by atoms with Crippen molar-refractivity contribution >= 4 is 0 Å². The minimum absolute atomic E-state index is 0.651. The quantitative estimate of drug-likeness (QED) is 0.812. The molecule has 2 rings (SSSR count). The molecule has 2 heteroatoms. The Balaban J connectivity index is 0.000000861. The van der Waals surface area contributed by atoms with E-state index in [1.54, 1.807) is 0 Å². The van der Waals surface area contributed by atoms with Crippen LogP contribution in [0.5, 0.6) is 0 Å². The first-order chi connectivity index (χ1) is 9.09. The molecule has 0 bridgehead atoms. The average Bonchev–Trinajstić information content (AvgIpc) is 2.87. The second-order valence-electron chi connectivity index (χ2n) is 5.85. The molecule has 19 heavy (non-hydrogen) atoms. The first-order valence-corrected chi connectivity index (χ1v) is 7.73. The van der Waals surface area contributed by atoms with Gasteiger partial charge in [-0.15, -0.1) is 0 Å². The van der Waals surface area contributed by atoms with Crippen molar-refractivity contribution in [2.75, 3.05) is 13.1 Å². The number of hydrogen-bond acceptors (Lipinski definition) is 2. The van der Waals surface area contributed by atoms with Gasteiger partial charge in [0.2, 0.25) is 0 Å². The maximum atomic E-state index is 4.27. The molecular weight excluding hydrogens is 232 g/mol. The molecule has 1 saturated heterocycles. The van der Waals surface area contributed by atoms with Crippen LogP contribution in [0.15, 0.2) is 24.5 Å². The Labute approximate surface area is 119 Å². The van der Waals surface area contributed by atoms with E-state index < -0.39 is 0 Å². The number of pyridine rings is 1. The third-order valence-corrected chi connectivity index (χ3v) is 4.09. The Morgan fingerprint density at radius 1 is 1.16 bits per heavy atom. The van der Waals surface area contributed by atoms with Crippen molar-refractivity contribution in [1.29, 1.82) is 0 Å². The van der Waals surface area contributed by atoms with E-state index in [1.165, 1.54) is 18.7 Å². The number of likely N-dealkylation sites (tertiary alicyclic amines) is 1. The summed E-state index contributed by atoms with van der Waals surface area (Å²) in [5, 5.41) is 0. The summed E-state index contributed by atoms with van der Waals surface area (Å²) < 4.78 is 0. The molecule has 0 aromatic carbocycles. The van der Waals surface area contributed by atoms with Crippen molar-refractivity contribution in [3.8, 4) is 0 Å². The van der Waals surface area contributed by atoms with Crippen molar-refractivity contribution < 1.29 is 0 Å². The lowest BCUT2D eigenvalue weighted by Crippen LogP contribution is -2.28. The van der Waals surface area contributed by atoms with Crippen LogP contribution in [0.1, 0.15) is 53.0 Å². The molecule has 108 valence electrons. The molecule has 0 amide bonds. The van der Waals surface area contributed by atoms with Gasteiger partial charge in [0.05, 0.1) is 0 Å². The predicted molar refractivity (Wildman–Crippen MR) is 83.4 cm³/mol. The van der Waals surface area contributed by atoms with Gasteiger partial charge < -0.3 is 4.90 Å². The van der Waals surface area contributed by atoms with Crippen LogP contribution in [0.25, 0.3) is 0 Å². The van der Waals surface area contributed by atoms with Gasteiger partial charge in [0.25, 0.3) is 0 Å². The van der Waals surface area contributed by atoms with Crippen LogP contribution in [0.4, 0.5) is 0 Å². The van der Waals surface area contributed by atoms with Gasteiger partial charge in [-0.25, -0.2) is 0 Å². The van der Waals surface area contributed by atoms with Gasteiger partial charge in [0, 0.05) is 37.4 Å². The molecule has 0 N–H and O–H groups in total. The zero-order valence-electron chi connectivity index (χ0n) is 13.4. The largest absolute Gasteiger partial charge is 0.300 e. The molecule has 1 aliphatic rings. The second-order valence-corrected chi connectivity index (χ2v) is 5.85. The van der Waals surface area contributed by atoms with Crippen LogP contribution < -0.4 is 0 Å². The van der Waals surface area contributed by atoms with Gasteiger partial charge in [-0.2, -0.15) is 0 Å². The summed E-state index contributed by atoms with van der Waals surface area (Å²) in [7, 11) is 0. The van der Waals surface area contributed by atoms with E-state index in [0.29, 0.717) is 12.0 Å². The fourth-order valence-corrected chi connectivity index (χ4v) is 2.91. The van der Waals surface area contributed by atoms with Gasteiger partial charge in [0.15, 0.2) is 0 Å². The van der Waals surface area contributed by atoms with Crippen molar-refractivity contribution in [3.05, 3.63) is 30.1 Å². The number of nitrogens with zero attached hydrogens (tertiary/aromatic N) is 2. The minimum Gasteiger partial charge on any atom is -0.300 e. The van der Waals surface area contributed by atoms with Crippen molar-refractivity contribution in [2.24, 2.45) is 11.8 Å². The molecule has 0 aliphatic carbocycles. The Morgan fingerprint density at radius 2 is 1.84 bits per heavy atom. The van der Waals surface area contributed by atoms with Crippen LogP contribution >= 0.6 is 0 Å². The third kappa shape index (κ3) is 4.04. The van der Waals surface area contributed by atoms with Crippen LogP contribution in [0.3, 0.4) is 0 Å². The highest BCUT2D eigenvalue weighted by Gasteiger charge is 2.36. The molecule has 1 aliphatic heterocycles. The van der Waals surface area contributed by atoms with Crippen molar-refractivity contribution in [1.82, 2.24) is 9.88 Å². The summed E-state index contributed by atoms with van der Waals surface area (Å²) in [6.07, 6.45) is 3.91. The minimum atomic E-state index is 0.651. The van der Waals surface area contributed by atoms with Crippen LogP contribution in [0, 0.1) is 11.8 Å². The van der Waals surface area contributed by atoms with E-state index in [2.05, 4.69) is 49.7 Å². The first-order valence-electron chi connectivity index (χ1n) is 7.73. The summed E-state index contributed by atoms with van der Waals surface area (Å²) >= 11 is 0. The molecule has 2 nitrogen and oxygen atoms in total. The van der Waals surface area contributed by atoms with Crippen LogP contribution in [-0.2, 0) is 0 Å². The highest BCUT2D eigenvalue weighted by atomic mass is 15.2. The van der Waals surface area contributed by atoms with Gasteiger partial charge in [-0.1, -0.05) is 33.8 Å². The second kappa shape index (κ2) is 7.64. The molecule has 0 radical (unpaired) electrons. The van der Waals surface area contributed by atoms with E-state index in [0.717, 1.165) is 11.8 Å². The van der Waals surface area contributed by atoms with Gasteiger partial charge in [-0.05, 0) is 37.3 Å². The number of rotatable bonds is 3. The molecule has 1 fully saturated rings. The summed E-state index contributed by atoms with van der Waals surface area (Å²) in [6, 6.07) is 4.94. The maximum absolute atomic E-state index is 4.27. The lowest BCUT2D eigenvalue weighted by atomic mass is 9.82. The third-order valence-electron chi connectivity index (χ3n) is 4.09. The van der Waals surface area contributed by atoms with E-state index in [1.807, 2.05) is 26.2 Å². The Bertz CT molecular complexity index is 346. The van der Waals surface area contributed by atoms with E-state index in [9.17, 15) is 0 Å². The topological polar surface area (TPSA) is 16.1 Å². The molecule has 0 saturated carbocycles. The normalized spacial score (nSPS) is 23.6. The molecule has 1 aromatic rings. The molecule has 2 unspecified atom stereocenters. The summed E-state index contributed by atoms with van der Waals surface area (Å²) in [5.41, 5.74) is 1.41. The molecule has 2 heterocycles. The summed E-state index contributed by atoms with van der Waals surface area (Å²) in [5.74, 6) is 2.16. The molecule has 1 aromatic heterocycles. The van der Waals surface area contributed by atoms with E-state index in [-0.39, 0.29) is 0 Å². The van der Waals surface area contributed by atoms with Crippen LogP contribution in [0.2, 0.25) is 0 Å². The summed E-state index contributed by atoms with van der Waals surface area (Å²) in [4.78, 5) is 6.87. The Morgan fingerprint density at radius 3 is 2.32 bits per heavy atom. The first kappa shape index (κ1) is 16.2.